The number of carbonyl (C=O) groups excluding carboxylic acids is 1. The van der Waals surface area contributed by atoms with Crippen LogP contribution in [0.2, 0.25) is 0 Å². The smallest absolute Gasteiger partial charge is 0.272 e. The molecule has 1 aromatic heterocycles. The Balaban J connectivity index is 1.16. The minimum atomic E-state index is 0.0700. The third-order valence-corrected chi connectivity index (χ3v) is 7.51. The molecule has 2 saturated heterocycles. The monoisotopic (exact) mass is 443 g/mol. The van der Waals surface area contributed by atoms with Crippen molar-refractivity contribution in [3.8, 4) is 5.75 Å². The molecule has 0 N–H and O–H groups in total. The van der Waals surface area contributed by atoms with Gasteiger partial charge in [0.2, 0.25) is 0 Å². The summed E-state index contributed by atoms with van der Waals surface area (Å²) in [5.41, 5.74) is 3.10. The van der Waals surface area contributed by atoms with Gasteiger partial charge in [0.1, 0.15) is 11.4 Å². The summed E-state index contributed by atoms with van der Waals surface area (Å²) in [5, 5.41) is 1.07. The van der Waals surface area contributed by atoms with Gasteiger partial charge in [0.15, 0.2) is 0 Å². The lowest BCUT2D eigenvalue weighted by molar-refractivity contribution is 0.0281. The molecule has 3 heterocycles. The number of amides is 1. The highest BCUT2D eigenvalue weighted by Gasteiger charge is 2.38. The summed E-state index contributed by atoms with van der Waals surface area (Å²) in [5.74, 6) is 1.08. The number of para-hydroxylation sites is 2. The minimum absolute atomic E-state index is 0.0700. The fraction of sp³-hybridized carbons (Fsp3) is 0.429. The maximum absolute atomic E-state index is 13.1. The van der Waals surface area contributed by atoms with E-state index in [-0.39, 0.29) is 5.91 Å². The number of pyridine rings is 1. The lowest BCUT2D eigenvalue weighted by Crippen LogP contribution is -2.48. The van der Waals surface area contributed by atoms with Crippen LogP contribution in [0.25, 0.3) is 10.9 Å². The first-order valence-corrected chi connectivity index (χ1v) is 12.2. The maximum Gasteiger partial charge on any atom is 0.272 e. The summed E-state index contributed by atoms with van der Waals surface area (Å²) < 4.78 is 5.81. The van der Waals surface area contributed by atoms with E-state index in [0.717, 1.165) is 62.2 Å². The molecular weight excluding hydrogens is 410 g/mol. The molecule has 2 aromatic carbocycles. The quantitative estimate of drug-likeness (QED) is 0.547. The van der Waals surface area contributed by atoms with Crippen LogP contribution >= 0.6 is 0 Å². The number of benzene rings is 2. The zero-order valence-electron chi connectivity index (χ0n) is 19.5. The summed E-state index contributed by atoms with van der Waals surface area (Å²) in [6.07, 6.45) is 4.60. The van der Waals surface area contributed by atoms with Crippen molar-refractivity contribution in [2.75, 3.05) is 32.8 Å². The van der Waals surface area contributed by atoms with Crippen molar-refractivity contribution < 1.29 is 9.53 Å². The van der Waals surface area contributed by atoms with Crippen molar-refractivity contribution in [3.63, 3.8) is 0 Å². The Morgan fingerprint density at radius 3 is 2.39 bits per heavy atom. The fourth-order valence-corrected chi connectivity index (χ4v) is 5.39. The van der Waals surface area contributed by atoms with E-state index < -0.39 is 0 Å². The molecule has 0 unspecified atom stereocenters. The third kappa shape index (κ3) is 4.74. The Kier molecular flexibility index (Phi) is 6.32. The van der Waals surface area contributed by atoms with Crippen LogP contribution in [-0.4, -0.2) is 53.5 Å². The number of hydrogen-bond donors (Lipinski definition) is 0. The molecule has 2 fully saturated rings. The predicted octanol–water partition coefficient (Wildman–Crippen LogP) is 5.15. The van der Waals surface area contributed by atoms with Crippen molar-refractivity contribution in [3.05, 3.63) is 71.9 Å². The second-order valence-electron chi connectivity index (χ2n) is 9.50. The Hall–Kier alpha value is -2.92. The molecule has 0 aliphatic carbocycles. The van der Waals surface area contributed by atoms with Gasteiger partial charge in [0, 0.05) is 30.6 Å². The maximum atomic E-state index is 13.1. The van der Waals surface area contributed by atoms with E-state index in [1.54, 1.807) is 0 Å². The molecule has 1 spiro atoms. The second kappa shape index (κ2) is 9.52. The predicted molar refractivity (Wildman–Crippen MR) is 131 cm³/mol. The third-order valence-electron chi connectivity index (χ3n) is 7.51. The number of nitrogens with zero attached hydrogens (tertiary/aromatic N) is 3. The molecule has 33 heavy (non-hydrogen) atoms. The van der Waals surface area contributed by atoms with E-state index in [9.17, 15) is 4.79 Å². The summed E-state index contributed by atoms with van der Waals surface area (Å²) in [7, 11) is 0. The summed E-state index contributed by atoms with van der Waals surface area (Å²) in [6.45, 7) is 7.57. The number of fused-ring (bicyclic) bond motifs is 1. The zero-order valence-corrected chi connectivity index (χ0v) is 19.5. The molecule has 0 bridgehead atoms. The van der Waals surface area contributed by atoms with E-state index in [4.69, 9.17) is 4.74 Å². The van der Waals surface area contributed by atoms with E-state index in [0.29, 0.717) is 17.7 Å². The van der Waals surface area contributed by atoms with Crippen LogP contribution in [0.5, 0.6) is 5.75 Å². The minimum Gasteiger partial charge on any atom is -0.494 e. The van der Waals surface area contributed by atoms with Gasteiger partial charge in [-0.2, -0.15) is 0 Å². The van der Waals surface area contributed by atoms with Crippen molar-refractivity contribution in [1.29, 1.82) is 0 Å². The van der Waals surface area contributed by atoms with Crippen LogP contribution in [-0.2, 0) is 6.54 Å². The van der Waals surface area contributed by atoms with Crippen molar-refractivity contribution >= 4 is 16.8 Å². The lowest BCUT2D eigenvalue weighted by Gasteiger charge is -2.47. The average molecular weight is 444 g/mol. The van der Waals surface area contributed by atoms with E-state index in [1.165, 1.54) is 18.4 Å². The Bertz CT molecular complexity index is 1110. The fourth-order valence-electron chi connectivity index (χ4n) is 5.39. The number of likely N-dealkylation sites (tertiary alicyclic amines) is 2. The van der Waals surface area contributed by atoms with Crippen molar-refractivity contribution in [2.24, 2.45) is 5.41 Å². The molecule has 0 radical (unpaired) electrons. The number of rotatable bonds is 5. The highest BCUT2D eigenvalue weighted by Crippen LogP contribution is 2.42. The molecule has 2 aliphatic heterocycles. The van der Waals surface area contributed by atoms with E-state index in [2.05, 4.69) is 28.1 Å². The Labute approximate surface area is 196 Å². The lowest BCUT2D eigenvalue weighted by atomic mass is 9.71. The second-order valence-corrected chi connectivity index (χ2v) is 9.50. The van der Waals surface area contributed by atoms with Gasteiger partial charge in [-0.3, -0.25) is 9.69 Å². The van der Waals surface area contributed by atoms with Gasteiger partial charge in [0.25, 0.3) is 5.91 Å². The molecule has 2 aliphatic rings. The normalized spacial score (nSPS) is 18.5. The molecule has 0 saturated carbocycles. The number of piperidine rings is 2. The Morgan fingerprint density at radius 2 is 1.61 bits per heavy atom. The molecule has 1 amide bonds. The van der Waals surface area contributed by atoms with Gasteiger partial charge in [-0.05, 0) is 69.3 Å². The zero-order chi connectivity index (χ0) is 22.7. The van der Waals surface area contributed by atoms with Crippen LogP contribution in [0.1, 0.15) is 48.7 Å². The van der Waals surface area contributed by atoms with Crippen LogP contribution in [0.4, 0.5) is 0 Å². The molecule has 5 nitrogen and oxygen atoms in total. The van der Waals surface area contributed by atoms with Crippen LogP contribution in [0.15, 0.2) is 60.7 Å². The summed E-state index contributed by atoms with van der Waals surface area (Å²) in [4.78, 5) is 22.3. The van der Waals surface area contributed by atoms with Gasteiger partial charge in [-0.1, -0.05) is 42.5 Å². The largest absolute Gasteiger partial charge is 0.494 e. The molecule has 5 rings (SSSR count). The first-order chi connectivity index (χ1) is 16.2. The average Bonchev–Trinajstić information content (AvgIpc) is 2.87. The van der Waals surface area contributed by atoms with Crippen molar-refractivity contribution in [2.45, 2.75) is 39.2 Å². The summed E-state index contributed by atoms with van der Waals surface area (Å²) in [6, 6.07) is 20.2. The number of hydrogen-bond acceptors (Lipinski definition) is 4. The first kappa shape index (κ1) is 21.9. The Morgan fingerprint density at radius 1 is 0.909 bits per heavy atom. The SMILES string of the molecule is CCOc1ccccc1CN1CCC2(CC1)CCN(C(=O)c1ccc3ccccc3n1)CC2. The van der Waals surface area contributed by atoms with E-state index >= 15 is 0 Å². The standard InChI is InChI=1S/C28H33N3O2/c1-2-33-26-10-6-4-8-23(26)21-30-17-13-28(14-18-30)15-19-31(20-16-28)27(32)25-12-11-22-7-3-5-9-24(22)29-25/h3-12H,2,13-21H2,1H3. The summed E-state index contributed by atoms with van der Waals surface area (Å²) >= 11 is 0. The highest BCUT2D eigenvalue weighted by molar-refractivity contribution is 5.95. The van der Waals surface area contributed by atoms with Gasteiger partial charge >= 0.3 is 0 Å². The molecular formula is C28H33N3O2. The van der Waals surface area contributed by atoms with Crippen LogP contribution in [0.3, 0.4) is 0 Å². The van der Waals surface area contributed by atoms with Gasteiger partial charge < -0.3 is 9.64 Å². The molecule has 5 heteroatoms. The number of carbonyl (C=O) groups is 1. The highest BCUT2D eigenvalue weighted by atomic mass is 16.5. The molecule has 0 atom stereocenters. The topological polar surface area (TPSA) is 45.7 Å². The van der Waals surface area contributed by atoms with Crippen molar-refractivity contribution in [1.82, 2.24) is 14.8 Å². The number of ether oxygens (including phenoxy) is 1. The van der Waals surface area contributed by atoms with Gasteiger partial charge in [-0.25, -0.2) is 4.98 Å². The van der Waals surface area contributed by atoms with E-state index in [1.807, 2.05) is 54.3 Å². The van der Waals surface area contributed by atoms with Crippen LogP contribution < -0.4 is 4.74 Å². The molecule has 3 aromatic rings. The van der Waals surface area contributed by atoms with Gasteiger partial charge in [0.05, 0.1) is 12.1 Å². The molecule has 172 valence electrons. The first-order valence-electron chi connectivity index (χ1n) is 12.2. The van der Waals surface area contributed by atoms with Gasteiger partial charge in [-0.15, -0.1) is 0 Å². The number of aromatic nitrogens is 1. The van der Waals surface area contributed by atoms with Crippen LogP contribution in [0, 0.1) is 5.41 Å².